The largest absolute Gasteiger partial charge is 0.469 e. The zero-order valence-corrected chi connectivity index (χ0v) is 18.6. The van der Waals surface area contributed by atoms with Crippen LogP contribution in [0.3, 0.4) is 0 Å². The van der Waals surface area contributed by atoms with Crippen molar-refractivity contribution in [1.82, 2.24) is 0 Å². The van der Waals surface area contributed by atoms with Gasteiger partial charge >= 0.3 is 5.97 Å². The quantitative estimate of drug-likeness (QED) is 0.636. The maximum Gasteiger partial charge on any atom is 0.305 e. The molecule has 0 aliphatic heterocycles. The molecular formula is C25H42O3. The summed E-state index contributed by atoms with van der Waals surface area (Å²) in [5.74, 6) is 4.72. The van der Waals surface area contributed by atoms with E-state index in [-0.39, 0.29) is 12.1 Å². The van der Waals surface area contributed by atoms with Crippen molar-refractivity contribution in [2.75, 3.05) is 7.11 Å². The third-order valence-electron chi connectivity index (χ3n) is 10.4. The second-order valence-corrected chi connectivity index (χ2v) is 11.4. The molecule has 0 aromatic heterocycles. The van der Waals surface area contributed by atoms with Crippen molar-refractivity contribution in [3.63, 3.8) is 0 Å². The van der Waals surface area contributed by atoms with Crippen molar-refractivity contribution in [1.29, 1.82) is 0 Å². The number of hydrogen-bond acceptors (Lipinski definition) is 3. The van der Waals surface area contributed by atoms with Crippen LogP contribution in [-0.4, -0.2) is 24.3 Å². The van der Waals surface area contributed by atoms with Crippen molar-refractivity contribution in [3.05, 3.63) is 0 Å². The summed E-state index contributed by atoms with van der Waals surface area (Å²) in [6, 6.07) is 0. The molecule has 4 aliphatic carbocycles. The molecule has 4 aliphatic rings. The second kappa shape index (κ2) is 7.60. The van der Waals surface area contributed by atoms with Gasteiger partial charge in [0.1, 0.15) is 0 Å². The van der Waals surface area contributed by atoms with Crippen LogP contribution >= 0.6 is 0 Å². The van der Waals surface area contributed by atoms with Crippen LogP contribution in [0, 0.1) is 46.3 Å². The minimum absolute atomic E-state index is 0.0463. The Morgan fingerprint density at radius 1 is 1.04 bits per heavy atom. The highest BCUT2D eigenvalue weighted by Gasteiger charge is 2.60. The van der Waals surface area contributed by atoms with Gasteiger partial charge in [-0.2, -0.15) is 0 Å². The summed E-state index contributed by atoms with van der Waals surface area (Å²) in [4.78, 5) is 11.6. The standard InChI is InChI=1S/C25H42O3/c1-16(5-10-23(27)28-4)20-8-9-21-19-7-6-17-15-18(26)11-13-24(17,2)22(19)12-14-25(20,21)3/h16-22,26H,5-15H2,1-4H3/t16-,17-,18-,19+,20+,21+,22-,24-,25+/m0/s1. The second-order valence-electron chi connectivity index (χ2n) is 11.4. The van der Waals surface area contributed by atoms with Crippen LogP contribution in [0.4, 0.5) is 0 Å². The van der Waals surface area contributed by atoms with Crippen LogP contribution in [0.5, 0.6) is 0 Å². The first kappa shape index (κ1) is 20.7. The third-order valence-corrected chi connectivity index (χ3v) is 10.4. The molecule has 0 aromatic carbocycles. The molecule has 3 nitrogen and oxygen atoms in total. The summed E-state index contributed by atoms with van der Waals surface area (Å²) < 4.78 is 4.88. The van der Waals surface area contributed by atoms with Gasteiger partial charge in [0.2, 0.25) is 0 Å². The fourth-order valence-corrected chi connectivity index (χ4v) is 8.86. The van der Waals surface area contributed by atoms with Crippen LogP contribution < -0.4 is 0 Å². The van der Waals surface area contributed by atoms with E-state index in [4.69, 9.17) is 4.74 Å². The average molecular weight is 391 g/mol. The van der Waals surface area contributed by atoms with Crippen molar-refractivity contribution in [2.24, 2.45) is 46.3 Å². The molecule has 4 fully saturated rings. The van der Waals surface area contributed by atoms with Crippen molar-refractivity contribution in [2.45, 2.75) is 97.5 Å². The van der Waals surface area contributed by atoms with E-state index in [1.165, 1.54) is 52.1 Å². The highest BCUT2D eigenvalue weighted by atomic mass is 16.5. The smallest absolute Gasteiger partial charge is 0.305 e. The van der Waals surface area contributed by atoms with Gasteiger partial charge in [0.05, 0.1) is 13.2 Å². The Kier molecular flexibility index (Phi) is 5.61. The zero-order valence-electron chi connectivity index (χ0n) is 18.6. The van der Waals surface area contributed by atoms with E-state index >= 15 is 0 Å². The number of ether oxygens (including phenoxy) is 1. The van der Waals surface area contributed by atoms with Crippen LogP contribution in [0.15, 0.2) is 0 Å². The maximum atomic E-state index is 11.6. The number of aliphatic hydroxyl groups is 1. The van der Waals surface area contributed by atoms with Crippen molar-refractivity contribution in [3.8, 4) is 0 Å². The summed E-state index contributed by atoms with van der Waals surface area (Å²) in [5.41, 5.74) is 0.937. The summed E-state index contributed by atoms with van der Waals surface area (Å²) in [6.45, 7) is 7.56. The van der Waals surface area contributed by atoms with E-state index in [1.54, 1.807) is 0 Å². The molecule has 4 rings (SSSR count). The molecule has 3 heteroatoms. The topological polar surface area (TPSA) is 46.5 Å². The Balaban J connectivity index is 1.48. The SMILES string of the molecule is COC(=O)CC[C@H](C)[C@H]1CC[C@@H]2[C@H]3CC[C@H]4C[C@@H](O)CC[C@]4(C)[C@H]3CC[C@@]21C. The van der Waals surface area contributed by atoms with Crippen LogP contribution in [0.25, 0.3) is 0 Å². The molecule has 0 heterocycles. The van der Waals surface area contributed by atoms with Crippen LogP contribution in [0.1, 0.15) is 91.4 Å². The Labute approximate surface area is 172 Å². The molecule has 28 heavy (non-hydrogen) atoms. The van der Waals surface area contributed by atoms with Crippen LogP contribution in [-0.2, 0) is 9.53 Å². The Morgan fingerprint density at radius 3 is 2.50 bits per heavy atom. The predicted octanol–water partition coefficient (Wildman–Crippen LogP) is 5.60. The van der Waals surface area contributed by atoms with Gasteiger partial charge in [-0.1, -0.05) is 20.8 Å². The Hall–Kier alpha value is -0.570. The van der Waals surface area contributed by atoms with E-state index in [0.29, 0.717) is 23.2 Å². The number of aliphatic hydroxyl groups excluding tert-OH is 1. The first-order valence-corrected chi connectivity index (χ1v) is 12.0. The molecule has 0 unspecified atom stereocenters. The van der Waals surface area contributed by atoms with Crippen LogP contribution in [0.2, 0.25) is 0 Å². The number of rotatable bonds is 4. The molecule has 0 aromatic rings. The number of carbonyl (C=O) groups excluding carboxylic acids is 1. The number of carbonyl (C=O) groups is 1. The van der Waals surface area contributed by atoms with Crippen molar-refractivity contribution >= 4 is 5.97 Å². The fourth-order valence-electron chi connectivity index (χ4n) is 8.86. The Bertz CT molecular complexity index is 588. The van der Waals surface area contributed by atoms with E-state index in [2.05, 4.69) is 20.8 Å². The lowest BCUT2D eigenvalue weighted by atomic mass is 9.44. The lowest BCUT2D eigenvalue weighted by Crippen LogP contribution is -2.54. The Morgan fingerprint density at radius 2 is 1.75 bits per heavy atom. The van der Waals surface area contributed by atoms with Crippen molar-refractivity contribution < 1.29 is 14.6 Å². The fraction of sp³-hybridized carbons (Fsp3) is 0.960. The molecule has 0 spiro atoms. The molecule has 0 amide bonds. The molecule has 160 valence electrons. The van der Waals surface area contributed by atoms with Gasteiger partial charge in [-0.25, -0.2) is 0 Å². The van der Waals surface area contributed by atoms with Gasteiger partial charge in [0, 0.05) is 6.42 Å². The normalized spacial score (nSPS) is 48.9. The molecule has 4 saturated carbocycles. The monoisotopic (exact) mass is 390 g/mol. The third kappa shape index (κ3) is 3.24. The molecule has 9 atom stereocenters. The zero-order chi connectivity index (χ0) is 20.1. The molecular weight excluding hydrogens is 348 g/mol. The molecule has 0 radical (unpaired) electrons. The lowest BCUT2D eigenvalue weighted by molar-refractivity contribution is -0.141. The van der Waals surface area contributed by atoms with E-state index < -0.39 is 0 Å². The minimum atomic E-state index is -0.0546. The van der Waals surface area contributed by atoms with Gasteiger partial charge in [-0.05, 0) is 111 Å². The van der Waals surface area contributed by atoms with Gasteiger partial charge in [-0.3, -0.25) is 4.79 Å². The first-order chi connectivity index (χ1) is 13.3. The molecule has 0 saturated heterocycles. The summed E-state index contributed by atoms with van der Waals surface area (Å²) in [5, 5.41) is 10.2. The molecule has 0 bridgehead atoms. The number of fused-ring (bicyclic) bond motifs is 5. The summed E-state index contributed by atoms with van der Waals surface area (Å²) in [7, 11) is 1.50. The number of esters is 1. The van der Waals surface area contributed by atoms with E-state index in [1.807, 2.05) is 0 Å². The molecule has 1 N–H and O–H groups in total. The van der Waals surface area contributed by atoms with Gasteiger partial charge in [0.25, 0.3) is 0 Å². The first-order valence-electron chi connectivity index (χ1n) is 12.0. The minimum Gasteiger partial charge on any atom is -0.469 e. The van der Waals surface area contributed by atoms with E-state index in [0.717, 1.165) is 48.9 Å². The maximum absolute atomic E-state index is 11.6. The average Bonchev–Trinajstić information content (AvgIpc) is 3.03. The van der Waals surface area contributed by atoms with E-state index in [9.17, 15) is 9.90 Å². The van der Waals surface area contributed by atoms with Gasteiger partial charge < -0.3 is 9.84 Å². The predicted molar refractivity (Wildman–Crippen MR) is 112 cm³/mol. The van der Waals surface area contributed by atoms with Gasteiger partial charge in [0.15, 0.2) is 0 Å². The number of methoxy groups -OCH3 is 1. The summed E-state index contributed by atoms with van der Waals surface area (Å²) in [6.07, 6.45) is 13.1. The van der Waals surface area contributed by atoms with Gasteiger partial charge in [-0.15, -0.1) is 0 Å². The number of hydrogen-bond donors (Lipinski definition) is 1. The summed E-state index contributed by atoms with van der Waals surface area (Å²) >= 11 is 0. The highest BCUT2D eigenvalue weighted by molar-refractivity contribution is 5.69. The highest BCUT2D eigenvalue weighted by Crippen LogP contribution is 2.68. The lowest BCUT2D eigenvalue weighted by Gasteiger charge is -2.61.